The summed E-state index contributed by atoms with van der Waals surface area (Å²) in [5, 5.41) is 0. The maximum absolute atomic E-state index is 5.54. The topological polar surface area (TPSA) is 9.23 Å². The summed E-state index contributed by atoms with van der Waals surface area (Å²) in [6.45, 7) is 2.95. The number of benzene rings is 1. The van der Waals surface area contributed by atoms with Gasteiger partial charge in [-0.25, -0.2) is 0 Å². The van der Waals surface area contributed by atoms with Crippen LogP contribution < -0.4 is 4.74 Å². The van der Waals surface area contributed by atoms with Crippen molar-refractivity contribution in [2.75, 3.05) is 12.4 Å². The number of unbranched alkanes of at least 4 members (excludes halogenated alkanes) is 1. The molecule has 1 aromatic carbocycles. The molecule has 15 heavy (non-hydrogen) atoms. The van der Waals surface area contributed by atoms with Gasteiger partial charge >= 0.3 is 0 Å². The van der Waals surface area contributed by atoms with Crippen molar-refractivity contribution in [2.24, 2.45) is 0 Å². The molecular weight excluding hydrogens is 204 g/mol. The van der Waals surface area contributed by atoms with Crippen molar-refractivity contribution in [3.05, 3.63) is 29.8 Å². The van der Waals surface area contributed by atoms with E-state index in [1.165, 1.54) is 24.8 Å². The average Bonchev–Trinajstić information content (AvgIpc) is 2.28. The Morgan fingerprint density at radius 2 is 1.87 bits per heavy atom. The van der Waals surface area contributed by atoms with E-state index in [0.29, 0.717) is 0 Å². The molecular formula is C13H19OS. The first-order valence-electron chi connectivity index (χ1n) is 5.66. The van der Waals surface area contributed by atoms with Gasteiger partial charge in [0.15, 0.2) is 0 Å². The van der Waals surface area contributed by atoms with Crippen LogP contribution in [0.1, 0.15) is 31.7 Å². The van der Waals surface area contributed by atoms with Gasteiger partial charge in [-0.2, -0.15) is 0 Å². The first-order chi connectivity index (χ1) is 7.36. The standard InChI is InChI=1S/C13H19OS/c1-2-3-5-12-6-8-13(9-7-12)14-10-4-11-15/h6-9H,2-5,10-11H2,1H3. The van der Waals surface area contributed by atoms with Crippen LogP contribution in [0.15, 0.2) is 24.3 Å². The summed E-state index contributed by atoms with van der Waals surface area (Å²) in [6, 6.07) is 8.40. The molecule has 1 aromatic rings. The van der Waals surface area contributed by atoms with E-state index in [-0.39, 0.29) is 0 Å². The second-order valence-electron chi connectivity index (χ2n) is 3.65. The van der Waals surface area contributed by atoms with Gasteiger partial charge in [-0.3, -0.25) is 0 Å². The van der Waals surface area contributed by atoms with Crippen molar-refractivity contribution in [3.63, 3.8) is 0 Å². The van der Waals surface area contributed by atoms with E-state index in [1.54, 1.807) is 0 Å². The van der Waals surface area contributed by atoms with Crippen molar-refractivity contribution in [3.8, 4) is 5.75 Å². The van der Waals surface area contributed by atoms with Gasteiger partial charge in [0.1, 0.15) is 5.75 Å². The Balaban J connectivity index is 2.35. The zero-order valence-electron chi connectivity index (χ0n) is 9.37. The van der Waals surface area contributed by atoms with Gasteiger partial charge in [-0.15, -0.1) is 0 Å². The second-order valence-corrected chi connectivity index (χ2v) is 4.06. The molecule has 1 nitrogen and oxygen atoms in total. The summed E-state index contributed by atoms with van der Waals surface area (Å²) in [4.78, 5) is 0. The van der Waals surface area contributed by atoms with Crippen LogP contribution in [0.25, 0.3) is 0 Å². The minimum Gasteiger partial charge on any atom is -0.494 e. The zero-order valence-corrected chi connectivity index (χ0v) is 10.2. The van der Waals surface area contributed by atoms with Crippen LogP contribution in [0.5, 0.6) is 5.75 Å². The van der Waals surface area contributed by atoms with E-state index >= 15 is 0 Å². The van der Waals surface area contributed by atoms with E-state index < -0.39 is 0 Å². The van der Waals surface area contributed by atoms with Crippen LogP contribution in [0.3, 0.4) is 0 Å². The van der Waals surface area contributed by atoms with Crippen LogP contribution in [-0.2, 0) is 6.42 Å². The molecule has 0 amide bonds. The number of rotatable bonds is 7. The third-order valence-corrected chi connectivity index (χ3v) is 2.59. The smallest absolute Gasteiger partial charge is 0.119 e. The largest absolute Gasteiger partial charge is 0.494 e. The van der Waals surface area contributed by atoms with E-state index in [0.717, 1.165) is 24.5 Å². The fraction of sp³-hybridized carbons (Fsp3) is 0.538. The molecule has 0 saturated carbocycles. The summed E-state index contributed by atoms with van der Waals surface area (Å²) < 4.78 is 5.54. The SMILES string of the molecule is CCCCc1ccc(OCCC[S])cc1. The first kappa shape index (κ1) is 12.4. The molecule has 0 aliphatic heterocycles. The highest BCUT2D eigenvalue weighted by Crippen LogP contribution is 2.14. The fourth-order valence-corrected chi connectivity index (χ4v) is 1.50. The number of hydrogen-bond donors (Lipinski definition) is 0. The van der Waals surface area contributed by atoms with Crippen molar-refractivity contribution in [2.45, 2.75) is 32.6 Å². The quantitative estimate of drug-likeness (QED) is 0.635. The lowest BCUT2D eigenvalue weighted by Gasteiger charge is -2.06. The van der Waals surface area contributed by atoms with E-state index in [9.17, 15) is 0 Å². The molecule has 0 unspecified atom stereocenters. The number of hydrogen-bond acceptors (Lipinski definition) is 1. The number of aryl methyl sites for hydroxylation is 1. The van der Waals surface area contributed by atoms with Crippen LogP contribution >= 0.6 is 12.6 Å². The Kier molecular flexibility index (Phi) is 6.33. The van der Waals surface area contributed by atoms with Gasteiger partial charge in [-0.05, 0) is 37.0 Å². The second kappa shape index (κ2) is 7.63. The van der Waals surface area contributed by atoms with Gasteiger partial charge in [0.25, 0.3) is 0 Å². The van der Waals surface area contributed by atoms with Gasteiger partial charge in [-0.1, -0.05) is 38.1 Å². The Hall–Kier alpha value is -0.630. The molecule has 0 aliphatic carbocycles. The summed E-state index contributed by atoms with van der Waals surface area (Å²) in [5.74, 6) is 1.73. The molecule has 83 valence electrons. The van der Waals surface area contributed by atoms with Crippen LogP contribution in [0.2, 0.25) is 0 Å². The Bertz CT molecular complexity index is 256. The normalized spacial score (nSPS) is 10.3. The molecule has 0 atom stereocenters. The maximum atomic E-state index is 5.54. The average molecular weight is 223 g/mol. The molecule has 0 spiro atoms. The van der Waals surface area contributed by atoms with Crippen molar-refractivity contribution >= 4 is 12.6 Å². The van der Waals surface area contributed by atoms with E-state index in [4.69, 9.17) is 17.4 Å². The maximum Gasteiger partial charge on any atom is 0.119 e. The van der Waals surface area contributed by atoms with Gasteiger partial charge < -0.3 is 4.74 Å². The summed E-state index contributed by atoms with van der Waals surface area (Å²) in [7, 11) is 0. The third-order valence-electron chi connectivity index (χ3n) is 2.30. The Labute approximate surface area is 98.3 Å². The lowest BCUT2D eigenvalue weighted by Crippen LogP contribution is -1.97. The molecule has 0 N–H and O–H groups in total. The fourth-order valence-electron chi connectivity index (χ4n) is 1.38. The van der Waals surface area contributed by atoms with Gasteiger partial charge in [0, 0.05) is 5.75 Å². The first-order valence-corrected chi connectivity index (χ1v) is 6.24. The minimum absolute atomic E-state index is 0.734. The van der Waals surface area contributed by atoms with Crippen LogP contribution in [0, 0.1) is 0 Å². The molecule has 2 heteroatoms. The molecule has 0 bridgehead atoms. The molecule has 0 aliphatic rings. The highest BCUT2D eigenvalue weighted by Gasteiger charge is 1.95. The van der Waals surface area contributed by atoms with Crippen molar-refractivity contribution in [1.82, 2.24) is 0 Å². The lowest BCUT2D eigenvalue weighted by atomic mass is 10.1. The highest BCUT2D eigenvalue weighted by atomic mass is 32.1. The molecule has 0 heterocycles. The minimum atomic E-state index is 0.734. The van der Waals surface area contributed by atoms with Gasteiger partial charge in [0.2, 0.25) is 0 Å². The summed E-state index contributed by atoms with van der Waals surface area (Å²) in [6.07, 6.45) is 4.63. The predicted molar refractivity (Wildman–Crippen MR) is 67.6 cm³/mol. The zero-order chi connectivity index (χ0) is 10.9. The van der Waals surface area contributed by atoms with Gasteiger partial charge in [0.05, 0.1) is 6.61 Å². The molecule has 0 fully saturated rings. The van der Waals surface area contributed by atoms with E-state index in [2.05, 4.69) is 19.1 Å². The summed E-state index contributed by atoms with van der Waals surface area (Å²) in [5.41, 5.74) is 1.40. The predicted octanol–water partition coefficient (Wildman–Crippen LogP) is 4.00. The van der Waals surface area contributed by atoms with Crippen LogP contribution in [0.4, 0.5) is 0 Å². The van der Waals surface area contributed by atoms with Crippen LogP contribution in [-0.4, -0.2) is 12.4 Å². The molecule has 0 saturated heterocycles. The monoisotopic (exact) mass is 223 g/mol. The third kappa shape index (κ3) is 5.12. The molecule has 1 radical (unpaired) electrons. The van der Waals surface area contributed by atoms with E-state index in [1.807, 2.05) is 12.1 Å². The lowest BCUT2D eigenvalue weighted by molar-refractivity contribution is 0.319. The number of ether oxygens (including phenoxy) is 1. The Morgan fingerprint density at radius 1 is 1.13 bits per heavy atom. The molecule has 1 rings (SSSR count). The van der Waals surface area contributed by atoms with Crippen molar-refractivity contribution in [1.29, 1.82) is 0 Å². The van der Waals surface area contributed by atoms with Crippen molar-refractivity contribution < 1.29 is 4.74 Å². The highest BCUT2D eigenvalue weighted by molar-refractivity contribution is 7.80. The Morgan fingerprint density at radius 3 is 2.47 bits per heavy atom. The summed E-state index contributed by atoms with van der Waals surface area (Å²) >= 11 is 4.86. The molecule has 0 aromatic heterocycles.